The summed E-state index contributed by atoms with van der Waals surface area (Å²) < 4.78 is 77.3. The maximum atomic E-state index is 12.7. The fourth-order valence-corrected chi connectivity index (χ4v) is 2.29. The van der Waals surface area contributed by atoms with Gasteiger partial charge in [-0.3, -0.25) is 16.0 Å². The first-order valence-corrected chi connectivity index (χ1v) is 6.05. The lowest BCUT2D eigenvalue weighted by Crippen LogP contribution is -2.54. The Balaban J connectivity index is 3.16. The second-order valence-electron chi connectivity index (χ2n) is 4.52. The van der Waals surface area contributed by atoms with E-state index in [1.807, 2.05) is 0 Å². The number of nitrogens with zero attached hydrogens (tertiary/aromatic N) is 2. The Morgan fingerprint density at radius 3 is 2.00 bits per heavy atom. The normalized spacial score (nSPS) is 14.8. The first-order chi connectivity index (χ1) is 9.39. The van der Waals surface area contributed by atoms with Gasteiger partial charge in [-0.15, -0.1) is 0 Å². The fourth-order valence-electron chi connectivity index (χ4n) is 2.04. The van der Waals surface area contributed by atoms with Gasteiger partial charge in [-0.1, -0.05) is 11.6 Å². The van der Waals surface area contributed by atoms with Gasteiger partial charge in [-0.05, 0) is 13.3 Å². The number of halogens is 7. The predicted molar refractivity (Wildman–Crippen MR) is 63.4 cm³/mol. The first-order valence-electron chi connectivity index (χ1n) is 5.67. The summed E-state index contributed by atoms with van der Waals surface area (Å²) in [7, 11) is 1.43. The lowest BCUT2D eigenvalue weighted by Gasteiger charge is -2.30. The molecule has 0 aliphatic heterocycles. The summed E-state index contributed by atoms with van der Waals surface area (Å²) in [6, 6.07) is -2.11. The highest BCUT2D eigenvalue weighted by molar-refractivity contribution is 6.30. The van der Waals surface area contributed by atoms with Gasteiger partial charge in [0.15, 0.2) is 5.92 Å². The molecule has 1 unspecified atom stereocenters. The Hall–Kier alpha value is -1.00. The third-order valence-corrected chi connectivity index (χ3v) is 3.49. The van der Waals surface area contributed by atoms with Gasteiger partial charge in [0.2, 0.25) is 0 Å². The van der Waals surface area contributed by atoms with E-state index in [4.69, 9.17) is 17.4 Å². The molecule has 0 amide bonds. The molecule has 0 saturated carbocycles. The van der Waals surface area contributed by atoms with Crippen LogP contribution in [-0.2, 0) is 13.5 Å². The Morgan fingerprint density at radius 2 is 1.71 bits per heavy atom. The van der Waals surface area contributed by atoms with Crippen molar-refractivity contribution in [2.75, 3.05) is 0 Å². The molecule has 11 heteroatoms. The van der Waals surface area contributed by atoms with Gasteiger partial charge < -0.3 is 0 Å². The third kappa shape index (κ3) is 4.01. The molecule has 1 aromatic rings. The maximum absolute atomic E-state index is 12.7. The van der Waals surface area contributed by atoms with E-state index in [2.05, 4.69) is 5.10 Å². The molecule has 122 valence electrons. The molecule has 0 aliphatic carbocycles. The van der Waals surface area contributed by atoms with Crippen LogP contribution in [0.1, 0.15) is 11.3 Å². The zero-order chi connectivity index (χ0) is 16.6. The molecule has 0 radical (unpaired) electrons. The predicted octanol–water partition coefficient (Wildman–Crippen LogP) is 2.50. The summed E-state index contributed by atoms with van der Waals surface area (Å²) >= 11 is 5.82. The Bertz CT molecular complexity index is 481. The average Bonchev–Trinajstić information content (AvgIpc) is 2.51. The molecule has 21 heavy (non-hydrogen) atoms. The topological polar surface area (TPSA) is 55.9 Å². The van der Waals surface area contributed by atoms with E-state index in [0.29, 0.717) is 0 Å². The van der Waals surface area contributed by atoms with Crippen LogP contribution in [0.15, 0.2) is 0 Å². The van der Waals surface area contributed by atoms with Gasteiger partial charge in [0.1, 0.15) is 5.15 Å². The molecule has 0 saturated heterocycles. The van der Waals surface area contributed by atoms with E-state index < -0.39 is 30.7 Å². The molecular weight excluding hydrogens is 326 g/mol. The van der Waals surface area contributed by atoms with Crippen LogP contribution in [0.5, 0.6) is 0 Å². The molecule has 1 rings (SSSR count). The smallest absolute Gasteiger partial charge is 0.271 e. The van der Waals surface area contributed by atoms with Gasteiger partial charge in [0, 0.05) is 18.7 Å². The van der Waals surface area contributed by atoms with E-state index in [1.54, 1.807) is 5.43 Å². The summed E-state index contributed by atoms with van der Waals surface area (Å²) in [5, 5.41) is 3.80. The van der Waals surface area contributed by atoms with E-state index >= 15 is 0 Å². The lowest BCUT2D eigenvalue weighted by molar-refractivity contribution is -0.291. The minimum absolute atomic E-state index is 0.0316. The van der Waals surface area contributed by atoms with Crippen molar-refractivity contribution < 1.29 is 26.3 Å². The molecule has 0 fully saturated rings. The second-order valence-corrected chi connectivity index (χ2v) is 4.87. The number of aromatic nitrogens is 2. The average molecular weight is 339 g/mol. The SMILES string of the molecule is Cc1nn(C)c(Cl)c1CC(NN)C(C(F)(F)F)C(F)(F)F. The standard InChI is InChI=1S/C10H13ClF6N4/c1-4-5(8(11)21(2)20-4)3-6(19-18)7(9(12,13)14)10(15,16)17/h6-7,19H,3,18H2,1-2H3. The number of hydrazine groups is 1. The molecule has 4 nitrogen and oxygen atoms in total. The molecule has 1 atom stereocenters. The number of alkyl halides is 6. The Kier molecular flexibility index (Phi) is 5.17. The molecule has 3 N–H and O–H groups in total. The van der Waals surface area contributed by atoms with Crippen molar-refractivity contribution >= 4 is 11.6 Å². The van der Waals surface area contributed by atoms with Crippen LogP contribution in [0, 0.1) is 12.8 Å². The molecular formula is C10H13ClF6N4. The van der Waals surface area contributed by atoms with Crippen molar-refractivity contribution in [3.63, 3.8) is 0 Å². The van der Waals surface area contributed by atoms with Crippen LogP contribution in [-0.4, -0.2) is 28.2 Å². The van der Waals surface area contributed by atoms with Crippen LogP contribution in [0.2, 0.25) is 5.15 Å². The van der Waals surface area contributed by atoms with Gasteiger partial charge in [-0.2, -0.15) is 31.4 Å². The summed E-state index contributed by atoms with van der Waals surface area (Å²) in [6.45, 7) is 1.44. The van der Waals surface area contributed by atoms with Crippen molar-refractivity contribution in [3.8, 4) is 0 Å². The molecule has 0 aliphatic rings. The minimum atomic E-state index is -5.49. The highest BCUT2D eigenvalue weighted by Gasteiger charge is 2.60. The summed E-state index contributed by atoms with van der Waals surface area (Å²) in [6.07, 6.45) is -11.6. The Labute approximate surface area is 121 Å². The number of nitrogens with one attached hydrogen (secondary N) is 1. The Morgan fingerprint density at radius 1 is 1.24 bits per heavy atom. The monoisotopic (exact) mass is 338 g/mol. The van der Waals surface area contributed by atoms with Crippen molar-refractivity contribution in [1.29, 1.82) is 0 Å². The van der Waals surface area contributed by atoms with Crippen molar-refractivity contribution in [1.82, 2.24) is 15.2 Å². The van der Waals surface area contributed by atoms with Gasteiger partial charge >= 0.3 is 12.4 Å². The number of nitrogens with two attached hydrogens (primary N) is 1. The van der Waals surface area contributed by atoms with Crippen LogP contribution in [0.4, 0.5) is 26.3 Å². The molecule has 1 heterocycles. The van der Waals surface area contributed by atoms with Gasteiger partial charge in [0.25, 0.3) is 0 Å². The highest BCUT2D eigenvalue weighted by atomic mass is 35.5. The number of aryl methyl sites for hydroxylation is 2. The number of hydrogen-bond acceptors (Lipinski definition) is 3. The molecule has 0 spiro atoms. The zero-order valence-corrected chi connectivity index (χ0v) is 11.7. The van der Waals surface area contributed by atoms with E-state index in [1.165, 1.54) is 14.0 Å². The summed E-state index contributed by atoms with van der Waals surface area (Å²) in [5.41, 5.74) is 1.92. The van der Waals surface area contributed by atoms with Crippen molar-refractivity contribution in [2.45, 2.75) is 31.7 Å². The number of hydrogen-bond donors (Lipinski definition) is 2. The molecule has 0 bridgehead atoms. The van der Waals surface area contributed by atoms with Gasteiger partial charge in [-0.25, -0.2) is 0 Å². The first kappa shape index (κ1) is 18.1. The minimum Gasteiger partial charge on any atom is -0.271 e. The largest absolute Gasteiger partial charge is 0.402 e. The third-order valence-electron chi connectivity index (χ3n) is 3.02. The van der Waals surface area contributed by atoms with Crippen molar-refractivity contribution in [2.24, 2.45) is 18.8 Å². The fraction of sp³-hybridized carbons (Fsp3) is 0.700. The lowest BCUT2D eigenvalue weighted by atomic mass is 9.93. The maximum Gasteiger partial charge on any atom is 0.402 e. The quantitative estimate of drug-likeness (QED) is 0.504. The molecule has 1 aromatic heterocycles. The van der Waals surface area contributed by atoms with Crippen molar-refractivity contribution in [3.05, 3.63) is 16.4 Å². The van der Waals surface area contributed by atoms with Crippen LogP contribution in [0.25, 0.3) is 0 Å². The van der Waals surface area contributed by atoms with E-state index in [-0.39, 0.29) is 16.4 Å². The molecule has 0 aromatic carbocycles. The van der Waals surface area contributed by atoms with Crippen LogP contribution in [0.3, 0.4) is 0 Å². The van der Waals surface area contributed by atoms with Gasteiger partial charge in [0.05, 0.1) is 5.69 Å². The second kappa shape index (κ2) is 6.01. The zero-order valence-electron chi connectivity index (χ0n) is 11.0. The highest BCUT2D eigenvalue weighted by Crippen LogP contribution is 2.42. The van der Waals surface area contributed by atoms with E-state index in [0.717, 1.165) is 4.68 Å². The van der Waals surface area contributed by atoms with Crippen LogP contribution >= 0.6 is 11.6 Å². The van der Waals surface area contributed by atoms with Crippen LogP contribution < -0.4 is 11.3 Å². The van der Waals surface area contributed by atoms with E-state index in [9.17, 15) is 26.3 Å². The summed E-state index contributed by atoms with van der Waals surface area (Å²) in [4.78, 5) is 0. The number of rotatable bonds is 4. The summed E-state index contributed by atoms with van der Waals surface area (Å²) in [5.74, 6) is 1.30.